The second-order valence-electron chi connectivity index (χ2n) is 6.78. The van der Waals surface area contributed by atoms with Crippen LogP contribution in [0.4, 0.5) is 0 Å². The van der Waals surface area contributed by atoms with E-state index in [1.165, 1.54) is 38.8 Å². The number of carbonyl (C=O) groups is 1. The first-order valence-corrected chi connectivity index (χ1v) is 8.55. The summed E-state index contributed by atoms with van der Waals surface area (Å²) in [6.45, 7) is 6.69. The molecule has 3 fully saturated rings. The van der Waals surface area contributed by atoms with Crippen LogP contribution in [-0.2, 0) is 4.79 Å². The van der Waals surface area contributed by atoms with Crippen molar-refractivity contribution in [3.05, 3.63) is 0 Å². The summed E-state index contributed by atoms with van der Waals surface area (Å²) in [5, 5.41) is 3.45. The molecule has 20 heavy (non-hydrogen) atoms. The SMILES string of the molecule is O=C(CCC1CCCNC1)N1CCCN2CCCC2C1. The lowest BCUT2D eigenvalue weighted by Gasteiger charge is -2.27. The van der Waals surface area contributed by atoms with Crippen molar-refractivity contribution in [2.45, 2.75) is 51.0 Å². The van der Waals surface area contributed by atoms with Gasteiger partial charge in [0.1, 0.15) is 0 Å². The zero-order valence-electron chi connectivity index (χ0n) is 12.6. The monoisotopic (exact) mass is 279 g/mol. The Morgan fingerprint density at radius 3 is 2.85 bits per heavy atom. The fraction of sp³-hybridized carbons (Fsp3) is 0.938. The Hall–Kier alpha value is -0.610. The van der Waals surface area contributed by atoms with Crippen LogP contribution < -0.4 is 5.32 Å². The highest BCUT2D eigenvalue weighted by atomic mass is 16.2. The number of piperidine rings is 1. The van der Waals surface area contributed by atoms with Gasteiger partial charge in [-0.15, -0.1) is 0 Å². The first-order valence-electron chi connectivity index (χ1n) is 8.55. The van der Waals surface area contributed by atoms with E-state index in [2.05, 4.69) is 15.1 Å². The number of nitrogens with one attached hydrogen (secondary N) is 1. The van der Waals surface area contributed by atoms with Crippen LogP contribution in [0.3, 0.4) is 0 Å². The van der Waals surface area contributed by atoms with E-state index in [1.54, 1.807) is 0 Å². The van der Waals surface area contributed by atoms with Crippen molar-refractivity contribution in [3.8, 4) is 0 Å². The molecule has 1 amide bonds. The fourth-order valence-corrected chi connectivity index (χ4v) is 4.09. The van der Waals surface area contributed by atoms with E-state index >= 15 is 0 Å². The number of carbonyl (C=O) groups excluding carboxylic acids is 1. The van der Waals surface area contributed by atoms with E-state index < -0.39 is 0 Å². The van der Waals surface area contributed by atoms with Crippen molar-refractivity contribution < 1.29 is 4.79 Å². The molecule has 2 unspecified atom stereocenters. The molecule has 0 aromatic rings. The van der Waals surface area contributed by atoms with Crippen LogP contribution in [0.2, 0.25) is 0 Å². The fourth-order valence-electron chi connectivity index (χ4n) is 4.09. The minimum atomic E-state index is 0.407. The maximum Gasteiger partial charge on any atom is 0.222 e. The van der Waals surface area contributed by atoms with Gasteiger partial charge >= 0.3 is 0 Å². The van der Waals surface area contributed by atoms with E-state index in [0.29, 0.717) is 11.9 Å². The molecule has 3 heterocycles. The number of hydrogen-bond acceptors (Lipinski definition) is 3. The summed E-state index contributed by atoms with van der Waals surface area (Å²) in [5.74, 6) is 1.13. The molecule has 3 rings (SSSR count). The third-order valence-corrected chi connectivity index (χ3v) is 5.32. The van der Waals surface area contributed by atoms with Crippen LogP contribution in [0.5, 0.6) is 0 Å². The lowest BCUT2D eigenvalue weighted by atomic mass is 9.94. The molecule has 3 saturated heterocycles. The Morgan fingerprint density at radius 2 is 2.00 bits per heavy atom. The van der Waals surface area contributed by atoms with Gasteiger partial charge in [-0.1, -0.05) is 0 Å². The van der Waals surface area contributed by atoms with Gasteiger partial charge in [-0.3, -0.25) is 9.69 Å². The molecule has 4 heteroatoms. The summed E-state index contributed by atoms with van der Waals surface area (Å²) in [6, 6.07) is 0.651. The van der Waals surface area contributed by atoms with E-state index in [-0.39, 0.29) is 0 Å². The van der Waals surface area contributed by atoms with E-state index in [9.17, 15) is 4.79 Å². The van der Waals surface area contributed by atoms with Crippen molar-refractivity contribution in [2.24, 2.45) is 5.92 Å². The van der Waals surface area contributed by atoms with Crippen molar-refractivity contribution >= 4 is 5.91 Å². The number of nitrogens with zero attached hydrogens (tertiary/aromatic N) is 2. The van der Waals surface area contributed by atoms with Gasteiger partial charge in [0.05, 0.1) is 0 Å². The second kappa shape index (κ2) is 6.90. The Kier molecular flexibility index (Phi) is 4.94. The van der Waals surface area contributed by atoms with Crippen LogP contribution >= 0.6 is 0 Å². The summed E-state index contributed by atoms with van der Waals surface area (Å²) < 4.78 is 0. The predicted octanol–water partition coefficient (Wildman–Crippen LogP) is 1.46. The molecule has 0 spiro atoms. The minimum absolute atomic E-state index is 0.407. The van der Waals surface area contributed by atoms with E-state index in [4.69, 9.17) is 0 Å². The van der Waals surface area contributed by atoms with Crippen LogP contribution in [0.25, 0.3) is 0 Å². The Morgan fingerprint density at radius 1 is 1.10 bits per heavy atom. The van der Waals surface area contributed by atoms with Gasteiger partial charge in [-0.05, 0) is 64.1 Å². The summed E-state index contributed by atoms with van der Waals surface area (Å²) in [4.78, 5) is 17.2. The molecule has 4 nitrogen and oxygen atoms in total. The van der Waals surface area contributed by atoms with E-state index in [1.807, 2.05) is 0 Å². The molecule has 0 radical (unpaired) electrons. The topological polar surface area (TPSA) is 35.6 Å². The highest BCUT2D eigenvalue weighted by Crippen LogP contribution is 2.22. The highest BCUT2D eigenvalue weighted by molar-refractivity contribution is 5.76. The molecule has 3 aliphatic heterocycles. The average molecular weight is 279 g/mol. The van der Waals surface area contributed by atoms with Crippen LogP contribution in [0.15, 0.2) is 0 Å². The molecular formula is C16H29N3O. The van der Waals surface area contributed by atoms with Crippen LogP contribution in [0.1, 0.15) is 44.9 Å². The Bertz CT molecular complexity index is 328. The number of hydrogen-bond donors (Lipinski definition) is 1. The molecule has 1 N–H and O–H groups in total. The van der Waals surface area contributed by atoms with Gasteiger partial charge in [-0.25, -0.2) is 0 Å². The molecule has 2 atom stereocenters. The summed E-state index contributed by atoms with van der Waals surface area (Å²) in [5.41, 5.74) is 0. The number of amides is 1. The maximum absolute atomic E-state index is 12.5. The smallest absolute Gasteiger partial charge is 0.222 e. The van der Waals surface area contributed by atoms with Gasteiger partial charge in [0.25, 0.3) is 0 Å². The first kappa shape index (κ1) is 14.3. The van der Waals surface area contributed by atoms with Gasteiger partial charge in [0.15, 0.2) is 0 Å². The van der Waals surface area contributed by atoms with E-state index in [0.717, 1.165) is 51.4 Å². The zero-order chi connectivity index (χ0) is 13.8. The molecule has 0 aromatic heterocycles. The molecule has 0 aliphatic carbocycles. The Balaban J connectivity index is 1.46. The van der Waals surface area contributed by atoms with Crippen LogP contribution in [-0.4, -0.2) is 61.0 Å². The third-order valence-electron chi connectivity index (χ3n) is 5.32. The Labute approximate surface area is 122 Å². The lowest BCUT2D eigenvalue weighted by molar-refractivity contribution is -0.131. The predicted molar refractivity (Wildman–Crippen MR) is 80.6 cm³/mol. The molecule has 3 aliphatic rings. The van der Waals surface area contributed by atoms with Gasteiger partial charge in [0.2, 0.25) is 5.91 Å². The summed E-state index contributed by atoms with van der Waals surface area (Å²) >= 11 is 0. The van der Waals surface area contributed by atoms with Crippen molar-refractivity contribution in [2.75, 3.05) is 39.3 Å². The number of rotatable bonds is 3. The summed E-state index contributed by atoms with van der Waals surface area (Å²) in [7, 11) is 0. The maximum atomic E-state index is 12.5. The normalized spacial score (nSPS) is 31.9. The average Bonchev–Trinajstić information content (AvgIpc) is 2.83. The molecule has 0 saturated carbocycles. The van der Waals surface area contributed by atoms with Crippen molar-refractivity contribution in [1.82, 2.24) is 15.1 Å². The second-order valence-corrected chi connectivity index (χ2v) is 6.78. The molecular weight excluding hydrogens is 250 g/mol. The molecule has 0 aromatic carbocycles. The van der Waals surface area contributed by atoms with Gasteiger partial charge in [0, 0.05) is 32.1 Å². The first-order chi connectivity index (χ1) is 9.83. The van der Waals surface area contributed by atoms with Crippen LogP contribution in [0, 0.1) is 5.92 Å². The number of fused-ring (bicyclic) bond motifs is 1. The minimum Gasteiger partial charge on any atom is -0.341 e. The standard InChI is InChI=1S/C16H29N3O/c20-16(7-6-14-4-1-8-17-12-14)19-11-3-10-18-9-2-5-15(18)13-19/h14-15,17H,1-13H2. The zero-order valence-corrected chi connectivity index (χ0v) is 12.6. The third kappa shape index (κ3) is 3.53. The van der Waals surface area contributed by atoms with Gasteiger partial charge in [-0.2, -0.15) is 0 Å². The molecule has 114 valence electrons. The highest BCUT2D eigenvalue weighted by Gasteiger charge is 2.30. The van der Waals surface area contributed by atoms with Crippen molar-refractivity contribution in [1.29, 1.82) is 0 Å². The molecule has 0 bridgehead atoms. The van der Waals surface area contributed by atoms with Crippen molar-refractivity contribution in [3.63, 3.8) is 0 Å². The summed E-state index contributed by atoms with van der Waals surface area (Å²) in [6.07, 6.45) is 8.19. The largest absolute Gasteiger partial charge is 0.341 e. The lowest BCUT2D eigenvalue weighted by Crippen LogP contribution is -2.40. The quantitative estimate of drug-likeness (QED) is 0.849. The van der Waals surface area contributed by atoms with Gasteiger partial charge < -0.3 is 10.2 Å².